The molecule has 0 aromatic carbocycles. The van der Waals surface area contributed by atoms with Crippen molar-refractivity contribution < 1.29 is 9.32 Å². The zero-order chi connectivity index (χ0) is 11.0. The van der Waals surface area contributed by atoms with Gasteiger partial charge in [0, 0.05) is 12.1 Å². The van der Waals surface area contributed by atoms with E-state index in [0.29, 0.717) is 17.0 Å². The zero-order valence-corrected chi connectivity index (χ0v) is 8.91. The van der Waals surface area contributed by atoms with Crippen LogP contribution in [0.15, 0.2) is 4.52 Å². The first-order valence-corrected chi connectivity index (χ1v) is 5.07. The number of aryl methyl sites for hydroxylation is 2. The van der Waals surface area contributed by atoms with Crippen molar-refractivity contribution in [3.8, 4) is 0 Å². The number of aromatic nitrogens is 1. The van der Waals surface area contributed by atoms with E-state index < -0.39 is 0 Å². The summed E-state index contributed by atoms with van der Waals surface area (Å²) in [4.78, 5) is 11.8. The quantitative estimate of drug-likeness (QED) is 0.743. The van der Waals surface area contributed by atoms with Gasteiger partial charge in [-0.25, -0.2) is 0 Å². The minimum Gasteiger partial charge on any atom is -0.361 e. The summed E-state index contributed by atoms with van der Waals surface area (Å²) in [5.74, 6) is 0.455. The lowest BCUT2D eigenvalue weighted by Crippen LogP contribution is -2.50. The normalized spacial score (nSPS) is 24.7. The highest BCUT2D eigenvalue weighted by Crippen LogP contribution is 2.19. The number of nitrogens with zero attached hydrogens (tertiary/aromatic N) is 1. The van der Waals surface area contributed by atoms with E-state index in [1.807, 2.05) is 0 Å². The van der Waals surface area contributed by atoms with Gasteiger partial charge in [-0.05, 0) is 26.7 Å². The number of hydrogen-bond acceptors (Lipinski definition) is 4. The molecule has 0 unspecified atom stereocenters. The second kappa shape index (κ2) is 3.66. The summed E-state index contributed by atoms with van der Waals surface area (Å²) in [6, 6.07) is 0.446. The van der Waals surface area contributed by atoms with Crippen molar-refractivity contribution in [1.29, 1.82) is 0 Å². The summed E-state index contributed by atoms with van der Waals surface area (Å²) in [5.41, 5.74) is 6.83. The molecule has 1 aromatic heterocycles. The van der Waals surface area contributed by atoms with Gasteiger partial charge in [0.15, 0.2) is 0 Å². The number of hydrogen-bond donors (Lipinski definition) is 2. The Labute approximate surface area is 88.0 Å². The molecule has 1 saturated carbocycles. The van der Waals surface area contributed by atoms with Crippen LogP contribution < -0.4 is 11.1 Å². The van der Waals surface area contributed by atoms with Crippen molar-refractivity contribution in [3.63, 3.8) is 0 Å². The number of rotatable bonds is 2. The SMILES string of the molecule is Cc1noc(C)c1C(=O)NC1CC(N)C1. The van der Waals surface area contributed by atoms with Crippen molar-refractivity contribution in [2.75, 3.05) is 0 Å². The van der Waals surface area contributed by atoms with Crippen LogP contribution in [0.1, 0.15) is 34.7 Å². The highest BCUT2D eigenvalue weighted by Gasteiger charge is 2.29. The summed E-state index contributed by atoms with van der Waals surface area (Å²) in [6.45, 7) is 3.50. The fraction of sp³-hybridized carbons (Fsp3) is 0.600. The first kappa shape index (κ1) is 10.2. The second-order valence-electron chi connectivity index (χ2n) is 4.10. The zero-order valence-electron chi connectivity index (χ0n) is 8.91. The first-order chi connectivity index (χ1) is 7.08. The molecule has 3 N–H and O–H groups in total. The van der Waals surface area contributed by atoms with E-state index in [9.17, 15) is 4.79 Å². The summed E-state index contributed by atoms with van der Waals surface area (Å²) >= 11 is 0. The smallest absolute Gasteiger partial charge is 0.257 e. The number of carbonyl (C=O) groups is 1. The Morgan fingerprint density at radius 1 is 1.53 bits per heavy atom. The fourth-order valence-corrected chi connectivity index (χ4v) is 1.84. The van der Waals surface area contributed by atoms with Gasteiger partial charge in [0.05, 0.1) is 5.69 Å². The molecule has 15 heavy (non-hydrogen) atoms. The third-order valence-electron chi connectivity index (χ3n) is 2.77. The lowest BCUT2D eigenvalue weighted by molar-refractivity contribution is 0.0908. The molecule has 1 amide bonds. The predicted molar refractivity (Wildman–Crippen MR) is 54.4 cm³/mol. The molecule has 5 nitrogen and oxygen atoms in total. The van der Waals surface area contributed by atoms with Crippen LogP contribution in [-0.2, 0) is 0 Å². The van der Waals surface area contributed by atoms with E-state index >= 15 is 0 Å². The molecule has 0 saturated heterocycles. The molecule has 1 aliphatic rings. The topological polar surface area (TPSA) is 81.2 Å². The number of nitrogens with one attached hydrogen (secondary N) is 1. The maximum absolute atomic E-state index is 11.8. The summed E-state index contributed by atoms with van der Waals surface area (Å²) in [6.07, 6.45) is 1.71. The lowest BCUT2D eigenvalue weighted by Gasteiger charge is -2.32. The van der Waals surface area contributed by atoms with Gasteiger partial charge in [-0.15, -0.1) is 0 Å². The molecule has 0 spiro atoms. The Hall–Kier alpha value is -1.36. The standard InChI is InChI=1S/C10H15N3O2/c1-5-9(6(2)15-13-5)10(14)12-8-3-7(11)4-8/h7-8H,3-4,11H2,1-2H3,(H,12,14). The molecule has 2 rings (SSSR count). The Bertz CT molecular complexity index is 361. The third kappa shape index (κ3) is 1.87. The van der Waals surface area contributed by atoms with E-state index in [1.165, 1.54) is 0 Å². The van der Waals surface area contributed by atoms with E-state index in [2.05, 4.69) is 10.5 Å². The van der Waals surface area contributed by atoms with Crippen molar-refractivity contribution in [1.82, 2.24) is 10.5 Å². The van der Waals surface area contributed by atoms with Crippen LogP contribution in [0.25, 0.3) is 0 Å². The molecule has 0 aliphatic heterocycles. The molecule has 0 radical (unpaired) electrons. The van der Waals surface area contributed by atoms with Crippen LogP contribution in [0.4, 0.5) is 0 Å². The first-order valence-electron chi connectivity index (χ1n) is 5.07. The highest BCUT2D eigenvalue weighted by molar-refractivity contribution is 5.96. The van der Waals surface area contributed by atoms with Crippen LogP contribution >= 0.6 is 0 Å². The van der Waals surface area contributed by atoms with E-state index in [4.69, 9.17) is 10.3 Å². The maximum atomic E-state index is 11.8. The summed E-state index contributed by atoms with van der Waals surface area (Å²) < 4.78 is 4.94. The van der Waals surface area contributed by atoms with Crippen molar-refractivity contribution in [2.24, 2.45) is 5.73 Å². The van der Waals surface area contributed by atoms with Crippen molar-refractivity contribution >= 4 is 5.91 Å². The number of carbonyl (C=O) groups excluding carboxylic acids is 1. The summed E-state index contributed by atoms with van der Waals surface area (Å²) in [5, 5.41) is 6.65. The number of nitrogens with two attached hydrogens (primary N) is 1. The van der Waals surface area contributed by atoms with Gasteiger partial charge < -0.3 is 15.6 Å². The molecular weight excluding hydrogens is 194 g/mol. The largest absolute Gasteiger partial charge is 0.361 e. The highest BCUT2D eigenvalue weighted by atomic mass is 16.5. The van der Waals surface area contributed by atoms with E-state index in [1.54, 1.807) is 13.8 Å². The average Bonchev–Trinajstić information content (AvgIpc) is 2.43. The van der Waals surface area contributed by atoms with Gasteiger partial charge in [0.2, 0.25) is 0 Å². The van der Waals surface area contributed by atoms with Gasteiger partial charge in [-0.1, -0.05) is 5.16 Å². The maximum Gasteiger partial charge on any atom is 0.257 e. The van der Waals surface area contributed by atoms with E-state index in [-0.39, 0.29) is 18.0 Å². The van der Waals surface area contributed by atoms with Crippen molar-refractivity contribution in [3.05, 3.63) is 17.0 Å². The Morgan fingerprint density at radius 2 is 2.20 bits per heavy atom. The molecule has 0 bridgehead atoms. The lowest BCUT2D eigenvalue weighted by atomic mass is 9.87. The fourth-order valence-electron chi connectivity index (χ4n) is 1.84. The number of amides is 1. The van der Waals surface area contributed by atoms with Crippen LogP contribution in [-0.4, -0.2) is 23.1 Å². The molecule has 1 heterocycles. The predicted octanol–water partition coefficient (Wildman–Crippen LogP) is 0.511. The van der Waals surface area contributed by atoms with Crippen LogP contribution in [0.2, 0.25) is 0 Å². The van der Waals surface area contributed by atoms with Crippen molar-refractivity contribution in [2.45, 2.75) is 38.8 Å². The summed E-state index contributed by atoms with van der Waals surface area (Å²) in [7, 11) is 0. The van der Waals surface area contributed by atoms with Crippen LogP contribution in [0, 0.1) is 13.8 Å². The average molecular weight is 209 g/mol. The Balaban J connectivity index is 2.02. The molecule has 5 heteroatoms. The molecule has 1 aliphatic carbocycles. The second-order valence-corrected chi connectivity index (χ2v) is 4.10. The van der Waals surface area contributed by atoms with Gasteiger partial charge in [0.25, 0.3) is 5.91 Å². The minimum atomic E-state index is -0.108. The third-order valence-corrected chi connectivity index (χ3v) is 2.77. The molecule has 0 atom stereocenters. The van der Waals surface area contributed by atoms with Gasteiger partial charge in [0.1, 0.15) is 11.3 Å². The molecule has 1 fully saturated rings. The molecule has 82 valence electrons. The van der Waals surface area contributed by atoms with E-state index in [0.717, 1.165) is 12.8 Å². The molecular formula is C10H15N3O2. The Morgan fingerprint density at radius 3 is 2.67 bits per heavy atom. The van der Waals surface area contributed by atoms with Gasteiger partial charge in [-0.3, -0.25) is 4.79 Å². The van der Waals surface area contributed by atoms with Crippen LogP contribution in [0.3, 0.4) is 0 Å². The molecule has 1 aromatic rings. The van der Waals surface area contributed by atoms with Gasteiger partial charge >= 0.3 is 0 Å². The van der Waals surface area contributed by atoms with Gasteiger partial charge in [-0.2, -0.15) is 0 Å². The Kier molecular flexibility index (Phi) is 2.48. The minimum absolute atomic E-state index is 0.108. The monoisotopic (exact) mass is 209 g/mol. The van der Waals surface area contributed by atoms with Crippen LogP contribution in [0.5, 0.6) is 0 Å².